The number of piperidine rings is 1. The van der Waals surface area contributed by atoms with Gasteiger partial charge in [0.25, 0.3) is 5.91 Å². The number of imidazole rings is 1. The molecule has 0 radical (unpaired) electrons. The maximum Gasteiger partial charge on any atom is 0.289 e. The number of likely N-dealkylation sites (tertiary alicyclic amines) is 1. The average Bonchev–Trinajstić information content (AvgIpc) is 3.34. The smallest absolute Gasteiger partial charge is 0.289 e. The van der Waals surface area contributed by atoms with E-state index in [1.165, 1.54) is 5.56 Å². The maximum absolute atomic E-state index is 12.6. The minimum atomic E-state index is -0.119. The first-order valence-corrected chi connectivity index (χ1v) is 9.34. The summed E-state index contributed by atoms with van der Waals surface area (Å²) >= 11 is 1.69. The van der Waals surface area contributed by atoms with Crippen molar-refractivity contribution >= 4 is 17.2 Å². The van der Waals surface area contributed by atoms with Crippen LogP contribution in [0.3, 0.4) is 0 Å². The monoisotopic (exact) mass is 352 g/mol. The number of H-pyrrole nitrogens is 1. The lowest BCUT2D eigenvalue weighted by Gasteiger charge is -2.41. The van der Waals surface area contributed by atoms with Gasteiger partial charge >= 0.3 is 0 Å². The van der Waals surface area contributed by atoms with Crippen LogP contribution in [0.2, 0.25) is 0 Å². The molecule has 4 rings (SSSR count). The Bertz CT molecular complexity index is 849. The molecule has 0 atom stereocenters. The van der Waals surface area contributed by atoms with Crippen molar-refractivity contribution in [2.24, 2.45) is 0 Å². The number of amides is 1. The van der Waals surface area contributed by atoms with E-state index >= 15 is 0 Å². The van der Waals surface area contributed by atoms with Crippen LogP contribution < -0.4 is 0 Å². The SMILES string of the molecule is Cc1nc(C2(c3ccccc3)CCN(C(=O)c3ncc[nH]3)CC2)cs1. The second-order valence-electron chi connectivity index (χ2n) is 6.43. The number of rotatable bonds is 3. The second-order valence-corrected chi connectivity index (χ2v) is 7.49. The number of hydrogen-bond acceptors (Lipinski definition) is 4. The zero-order chi connectivity index (χ0) is 17.3. The average molecular weight is 352 g/mol. The Morgan fingerprint density at radius 1 is 1.24 bits per heavy atom. The Morgan fingerprint density at radius 3 is 2.60 bits per heavy atom. The molecule has 0 aliphatic carbocycles. The van der Waals surface area contributed by atoms with Crippen LogP contribution in [0.4, 0.5) is 0 Å². The lowest BCUT2D eigenvalue weighted by atomic mass is 9.70. The van der Waals surface area contributed by atoms with E-state index in [4.69, 9.17) is 4.98 Å². The van der Waals surface area contributed by atoms with Crippen LogP contribution in [0, 0.1) is 6.92 Å². The van der Waals surface area contributed by atoms with E-state index in [2.05, 4.69) is 39.6 Å². The third-order valence-corrected chi connectivity index (χ3v) is 5.81. The molecule has 1 fully saturated rings. The molecule has 5 nitrogen and oxygen atoms in total. The quantitative estimate of drug-likeness (QED) is 0.786. The molecule has 25 heavy (non-hydrogen) atoms. The third-order valence-electron chi connectivity index (χ3n) is 5.04. The maximum atomic E-state index is 12.6. The van der Waals surface area contributed by atoms with Crippen molar-refractivity contribution in [1.82, 2.24) is 19.9 Å². The minimum absolute atomic E-state index is 0.0267. The molecule has 2 aromatic heterocycles. The lowest BCUT2D eigenvalue weighted by molar-refractivity contribution is 0.0673. The number of aromatic amines is 1. The number of benzene rings is 1. The predicted molar refractivity (Wildman–Crippen MR) is 97.8 cm³/mol. The molecule has 0 bridgehead atoms. The van der Waals surface area contributed by atoms with Gasteiger partial charge in [-0.25, -0.2) is 9.97 Å². The number of carbonyl (C=O) groups excluding carboxylic acids is 1. The van der Waals surface area contributed by atoms with Crippen LogP contribution in [0.5, 0.6) is 0 Å². The molecule has 1 saturated heterocycles. The van der Waals surface area contributed by atoms with E-state index < -0.39 is 0 Å². The van der Waals surface area contributed by atoms with E-state index in [1.807, 2.05) is 17.9 Å². The third kappa shape index (κ3) is 2.87. The van der Waals surface area contributed by atoms with E-state index in [9.17, 15) is 4.79 Å². The zero-order valence-electron chi connectivity index (χ0n) is 14.1. The van der Waals surface area contributed by atoms with Crippen LogP contribution in [0.1, 0.15) is 39.7 Å². The molecule has 1 N–H and O–H groups in total. The van der Waals surface area contributed by atoms with E-state index in [-0.39, 0.29) is 11.3 Å². The Morgan fingerprint density at radius 2 is 2.00 bits per heavy atom. The summed E-state index contributed by atoms with van der Waals surface area (Å²) < 4.78 is 0. The van der Waals surface area contributed by atoms with E-state index in [0.717, 1.165) is 23.5 Å². The van der Waals surface area contributed by atoms with E-state index in [0.29, 0.717) is 18.9 Å². The number of nitrogens with zero attached hydrogens (tertiary/aromatic N) is 3. The first-order valence-electron chi connectivity index (χ1n) is 8.46. The van der Waals surface area contributed by atoms with Crippen LogP contribution in [0.15, 0.2) is 48.1 Å². The zero-order valence-corrected chi connectivity index (χ0v) is 14.9. The fourth-order valence-electron chi connectivity index (χ4n) is 3.66. The number of aryl methyl sites for hydroxylation is 1. The summed E-state index contributed by atoms with van der Waals surface area (Å²) in [7, 11) is 0. The molecular formula is C19H20N4OS. The first-order chi connectivity index (χ1) is 12.2. The highest BCUT2D eigenvalue weighted by molar-refractivity contribution is 7.09. The molecule has 0 unspecified atom stereocenters. The highest BCUT2D eigenvalue weighted by Crippen LogP contribution is 2.42. The summed E-state index contributed by atoms with van der Waals surface area (Å²) in [6.45, 7) is 3.44. The van der Waals surface area contributed by atoms with Gasteiger partial charge in [-0.15, -0.1) is 11.3 Å². The van der Waals surface area contributed by atoms with Crippen molar-refractivity contribution in [3.05, 3.63) is 70.2 Å². The van der Waals surface area contributed by atoms with Crippen LogP contribution in [-0.2, 0) is 5.41 Å². The Labute approximate surface area is 150 Å². The van der Waals surface area contributed by atoms with Gasteiger partial charge < -0.3 is 9.88 Å². The van der Waals surface area contributed by atoms with Crippen molar-refractivity contribution in [2.45, 2.75) is 25.2 Å². The van der Waals surface area contributed by atoms with Gasteiger partial charge in [0.15, 0.2) is 5.82 Å². The highest BCUT2D eigenvalue weighted by Gasteiger charge is 2.41. The van der Waals surface area contributed by atoms with Gasteiger partial charge in [0, 0.05) is 36.3 Å². The molecule has 6 heteroatoms. The second kappa shape index (κ2) is 6.44. The fourth-order valence-corrected chi connectivity index (χ4v) is 4.37. The van der Waals surface area contributed by atoms with Crippen molar-refractivity contribution in [1.29, 1.82) is 0 Å². The Kier molecular flexibility index (Phi) is 4.13. The molecule has 0 spiro atoms. The summed E-state index contributed by atoms with van der Waals surface area (Å²) in [5.74, 6) is 0.387. The molecule has 0 saturated carbocycles. The van der Waals surface area contributed by atoms with Crippen LogP contribution in [0.25, 0.3) is 0 Å². The Balaban J connectivity index is 1.63. The molecule has 3 aromatic rings. The fraction of sp³-hybridized carbons (Fsp3) is 0.316. The highest BCUT2D eigenvalue weighted by atomic mass is 32.1. The predicted octanol–water partition coefficient (Wildman–Crippen LogP) is 3.40. The molecule has 128 valence electrons. The number of thiazole rings is 1. The van der Waals surface area contributed by atoms with Gasteiger partial charge in [-0.05, 0) is 25.3 Å². The summed E-state index contributed by atoms with van der Waals surface area (Å²) in [6, 6.07) is 10.6. The van der Waals surface area contributed by atoms with Crippen LogP contribution >= 0.6 is 11.3 Å². The molecule has 1 aliphatic heterocycles. The number of carbonyl (C=O) groups is 1. The van der Waals surface area contributed by atoms with Crippen molar-refractivity contribution in [3.8, 4) is 0 Å². The van der Waals surface area contributed by atoms with Crippen molar-refractivity contribution in [3.63, 3.8) is 0 Å². The van der Waals surface area contributed by atoms with Gasteiger partial charge in [0.1, 0.15) is 0 Å². The van der Waals surface area contributed by atoms with Crippen LogP contribution in [-0.4, -0.2) is 38.8 Å². The van der Waals surface area contributed by atoms with Gasteiger partial charge in [0.2, 0.25) is 0 Å². The minimum Gasteiger partial charge on any atom is -0.341 e. The lowest BCUT2D eigenvalue weighted by Crippen LogP contribution is -2.46. The van der Waals surface area contributed by atoms with Gasteiger partial charge in [0.05, 0.1) is 10.7 Å². The topological polar surface area (TPSA) is 61.9 Å². The summed E-state index contributed by atoms with van der Waals surface area (Å²) in [5.41, 5.74) is 2.29. The van der Waals surface area contributed by atoms with Crippen molar-refractivity contribution < 1.29 is 4.79 Å². The summed E-state index contributed by atoms with van der Waals surface area (Å²) in [4.78, 5) is 26.3. The number of aromatic nitrogens is 3. The first kappa shape index (κ1) is 16.0. The van der Waals surface area contributed by atoms with E-state index in [1.54, 1.807) is 23.7 Å². The van der Waals surface area contributed by atoms with Crippen molar-refractivity contribution in [2.75, 3.05) is 13.1 Å². The molecular weight excluding hydrogens is 332 g/mol. The Hall–Kier alpha value is -2.47. The normalized spacial score (nSPS) is 16.8. The molecule has 1 amide bonds. The standard InChI is InChI=1S/C19H20N4OS/c1-14-22-16(13-25-14)19(15-5-3-2-4-6-15)7-11-23(12-8-19)18(24)17-20-9-10-21-17/h2-6,9-10,13H,7-8,11-12H2,1H3,(H,20,21). The number of hydrogen-bond donors (Lipinski definition) is 1. The molecule has 1 aromatic carbocycles. The molecule has 1 aliphatic rings. The largest absolute Gasteiger partial charge is 0.341 e. The number of nitrogens with one attached hydrogen (secondary N) is 1. The molecule has 3 heterocycles. The summed E-state index contributed by atoms with van der Waals surface area (Å²) in [5, 5.41) is 3.26. The van der Waals surface area contributed by atoms with Gasteiger partial charge in [-0.3, -0.25) is 4.79 Å². The summed E-state index contributed by atoms with van der Waals surface area (Å²) in [6.07, 6.45) is 5.03. The van der Waals surface area contributed by atoms with Gasteiger partial charge in [-0.2, -0.15) is 0 Å². The van der Waals surface area contributed by atoms with Gasteiger partial charge in [-0.1, -0.05) is 30.3 Å².